The van der Waals surface area contributed by atoms with Gasteiger partial charge in [0, 0.05) is 25.0 Å². The standard InChI is InChI=1S/C22H22FN3O2/c23-18-6-2-1-5-15(18)16-13-17(16)21(27)25-11-9-14(10-12-25)26-20-8-4-3-7-19(20)24-22(26)28/h1-8,14,16-17H,9-13H2,(H,24,28)/t16-,17-/m1/s1. The van der Waals surface area contributed by atoms with Gasteiger partial charge in [0.2, 0.25) is 5.91 Å². The third kappa shape index (κ3) is 2.84. The average Bonchev–Trinajstić information content (AvgIpc) is 3.43. The van der Waals surface area contributed by atoms with E-state index in [0.717, 1.165) is 30.3 Å². The fourth-order valence-corrected chi connectivity index (χ4v) is 4.60. The number of rotatable bonds is 3. The number of piperidine rings is 1. The summed E-state index contributed by atoms with van der Waals surface area (Å²) in [6.45, 7) is 1.27. The van der Waals surface area contributed by atoms with E-state index in [9.17, 15) is 14.0 Å². The number of likely N-dealkylation sites (tertiary alicyclic amines) is 1. The van der Waals surface area contributed by atoms with E-state index in [2.05, 4.69) is 4.98 Å². The zero-order valence-corrected chi connectivity index (χ0v) is 15.5. The van der Waals surface area contributed by atoms with E-state index in [-0.39, 0.29) is 35.3 Å². The summed E-state index contributed by atoms with van der Waals surface area (Å²) < 4.78 is 15.8. The van der Waals surface area contributed by atoms with E-state index in [1.165, 1.54) is 6.07 Å². The molecule has 1 saturated carbocycles. The summed E-state index contributed by atoms with van der Waals surface area (Å²) in [6, 6.07) is 14.5. The van der Waals surface area contributed by atoms with Crippen molar-refractivity contribution in [2.45, 2.75) is 31.2 Å². The van der Waals surface area contributed by atoms with Gasteiger partial charge in [-0.1, -0.05) is 30.3 Å². The van der Waals surface area contributed by atoms with Gasteiger partial charge in [0.15, 0.2) is 0 Å². The molecule has 2 fully saturated rings. The number of hydrogen-bond acceptors (Lipinski definition) is 2. The fourth-order valence-electron chi connectivity index (χ4n) is 4.60. The topological polar surface area (TPSA) is 58.1 Å². The number of para-hydroxylation sites is 2. The second kappa shape index (κ2) is 6.62. The van der Waals surface area contributed by atoms with Gasteiger partial charge < -0.3 is 9.88 Å². The predicted octanol–water partition coefficient (Wildman–Crippen LogP) is 3.44. The van der Waals surface area contributed by atoms with E-state index < -0.39 is 0 Å². The number of nitrogens with zero attached hydrogens (tertiary/aromatic N) is 2. The minimum Gasteiger partial charge on any atom is -0.342 e. The lowest BCUT2D eigenvalue weighted by Gasteiger charge is -2.32. The molecule has 0 radical (unpaired) electrons. The monoisotopic (exact) mass is 379 g/mol. The Balaban J connectivity index is 1.26. The molecule has 1 amide bonds. The zero-order valence-electron chi connectivity index (χ0n) is 15.5. The number of imidazole rings is 1. The Labute approximate surface area is 161 Å². The Morgan fingerprint density at radius 2 is 1.75 bits per heavy atom. The molecule has 0 unspecified atom stereocenters. The number of amides is 1. The number of nitrogens with one attached hydrogen (secondary N) is 1. The molecule has 2 aromatic carbocycles. The molecule has 1 N–H and O–H groups in total. The van der Waals surface area contributed by atoms with Crippen LogP contribution < -0.4 is 5.69 Å². The minimum absolute atomic E-state index is 0.00246. The summed E-state index contributed by atoms with van der Waals surface area (Å²) in [5, 5.41) is 0. The number of fused-ring (bicyclic) bond motifs is 1. The van der Waals surface area contributed by atoms with Crippen molar-refractivity contribution >= 4 is 16.9 Å². The van der Waals surface area contributed by atoms with Gasteiger partial charge in [0.1, 0.15) is 5.82 Å². The lowest BCUT2D eigenvalue weighted by Crippen LogP contribution is -2.41. The Morgan fingerprint density at radius 3 is 2.54 bits per heavy atom. The Bertz CT molecular complexity index is 1090. The smallest absolute Gasteiger partial charge is 0.326 e. The molecule has 5 rings (SSSR count). The highest BCUT2D eigenvalue weighted by atomic mass is 19.1. The fraction of sp³-hybridized carbons (Fsp3) is 0.364. The maximum atomic E-state index is 14.0. The van der Waals surface area contributed by atoms with Gasteiger partial charge in [0.05, 0.1) is 11.0 Å². The maximum Gasteiger partial charge on any atom is 0.326 e. The van der Waals surface area contributed by atoms with Crippen LogP contribution in [-0.2, 0) is 4.79 Å². The van der Waals surface area contributed by atoms with Gasteiger partial charge in [-0.3, -0.25) is 9.36 Å². The Kier molecular flexibility index (Phi) is 4.07. The maximum absolute atomic E-state index is 14.0. The van der Waals surface area contributed by atoms with Gasteiger partial charge in [-0.05, 0) is 48.9 Å². The van der Waals surface area contributed by atoms with Crippen molar-refractivity contribution < 1.29 is 9.18 Å². The molecule has 28 heavy (non-hydrogen) atoms. The van der Waals surface area contributed by atoms with Gasteiger partial charge >= 0.3 is 5.69 Å². The number of halogens is 1. The molecule has 2 aliphatic rings. The molecule has 2 heterocycles. The first-order chi connectivity index (χ1) is 13.6. The SMILES string of the molecule is O=C([C@@H]1C[C@@H]1c1ccccc1F)N1CCC(n2c(=O)[nH]c3ccccc32)CC1. The molecule has 2 atom stereocenters. The number of aromatic amines is 1. The predicted molar refractivity (Wildman–Crippen MR) is 105 cm³/mol. The zero-order chi connectivity index (χ0) is 19.3. The van der Waals surface area contributed by atoms with Crippen LogP contribution in [0.25, 0.3) is 11.0 Å². The van der Waals surface area contributed by atoms with E-state index in [0.29, 0.717) is 18.7 Å². The number of benzene rings is 2. The van der Waals surface area contributed by atoms with Gasteiger partial charge in [-0.2, -0.15) is 0 Å². The summed E-state index contributed by atoms with van der Waals surface area (Å²) >= 11 is 0. The summed E-state index contributed by atoms with van der Waals surface area (Å²) in [7, 11) is 0. The molecular weight excluding hydrogens is 357 g/mol. The summed E-state index contributed by atoms with van der Waals surface area (Å²) in [5.41, 5.74) is 2.32. The second-order valence-corrected chi connectivity index (χ2v) is 7.84. The van der Waals surface area contributed by atoms with Crippen LogP contribution in [0.4, 0.5) is 4.39 Å². The Morgan fingerprint density at radius 1 is 1.04 bits per heavy atom. The summed E-state index contributed by atoms with van der Waals surface area (Å²) in [6.07, 6.45) is 2.23. The largest absolute Gasteiger partial charge is 0.342 e. The number of aromatic nitrogens is 2. The summed E-state index contributed by atoms with van der Waals surface area (Å²) in [5.74, 6) is -0.204. The van der Waals surface area contributed by atoms with Gasteiger partial charge in [0.25, 0.3) is 0 Å². The van der Waals surface area contributed by atoms with E-state index in [1.54, 1.807) is 12.1 Å². The van der Waals surface area contributed by atoms with Crippen molar-refractivity contribution in [1.82, 2.24) is 14.5 Å². The minimum atomic E-state index is -0.222. The van der Waals surface area contributed by atoms with Crippen LogP contribution in [0.2, 0.25) is 0 Å². The third-order valence-electron chi connectivity index (χ3n) is 6.18. The van der Waals surface area contributed by atoms with Crippen LogP contribution in [0.5, 0.6) is 0 Å². The van der Waals surface area contributed by atoms with Crippen LogP contribution in [0.1, 0.15) is 36.8 Å². The van der Waals surface area contributed by atoms with E-state index in [1.807, 2.05) is 39.8 Å². The molecule has 0 spiro atoms. The van der Waals surface area contributed by atoms with Crippen molar-refractivity contribution in [3.63, 3.8) is 0 Å². The molecule has 1 aliphatic carbocycles. The quantitative estimate of drug-likeness (QED) is 0.758. The molecular formula is C22H22FN3O2. The van der Waals surface area contributed by atoms with E-state index in [4.69, 9.17) is 0 Å². The average molecular weight is 379 g/mol. The molecule has 144 valence electrons. The van der Waals surface area contributed by atoms with Crippen LogP contribution in [0.15, 0.2) is 53.3 Å². The van der Waals surface area contributed by atoms with Crippen molar-refractivity contribution in [3.05, 3.63) is 70.4 Å². The number of carbonyl (C=O) groups is 1. The lowest BCUT2D eigenvalue weighted by atomic mass is 10.0. The first-order valence-corrected chi connectivity index (χ1v) is 9.86. The second-order valence-electron chi connectivity index (χ2n) is 7.84. The molecule has 0 bridgehead atoms. The Hall–Kier alpha value is -2.89. The number of H-pyrrole nitrogens is 1. The molecule has 6 heteroatoms. The highest BCUT2D eigenvalue weighted by Gasteiger charge is 2.47. The first-order valence-electron chi connectivity index (χ1n) is 9.86. The normalized spacial score (nSPS) is 22.5. The first kappa shape index (κ1) is 17.2. The van der Waals surface area contributed by atoms with Crippen LogP contribution in [0.3, 0.4) is 0 Å². The van der Waals surface area contributed by atoms with Crippen LogP contribution in [-0.4, -0.2) is 33.4 Å². The van der Waals surface area contributed by atoms with Gasteiger partial charge in [-0.15, -0.1) is 0 Å². The molecule has 1 saturated heterocycles. The van der Waals surface area contributed by atoms with Crippen molar-refractivity contribution in [3.8, 4) is 0 Å². The lowest BCUT2D eigenvalue weighted by molar-refractivity contribution is -0.134. The van der Waals surface area contributed by atoms with Crippen LogP contribution >= 0.6 is 0 Å². The number of hydrogen-bond donors (Lipinski definition) is 1. The van der Waals surface area contributed by atoms with Crippen molar-refractivity contribution in [2.24, 2.45) is 5.92 Å². The highest BCUT2D eigenvalue weighted by molar-refractivity contribution is 5.83. The summed E-state index contributed by atoms with van der Waals surface area (Å²) in [4.78, 5) is 30.0. The third-order valence-corrected chi connectivity index (χ3v) is 6.18. The molecule has 3 aromatic rings. The van der Waals surface area contributed by atoms with E-state index >= 15 is 0 Å². The number of carbonyl (C=O) groups excluding carboxylic acids is 1. The van der Waals surface area contributed by atoms with Crippen molar-refractivity contribution in [1.29, 1.82) is 0 Å². The molecule has 5 nitrogen and oxygen atoms in total. The van der Waals surface area contributed by atoms with Gasteiger partial charge in [-0.25, -0.2) is 9.18 Å². The van der Waals surface area contributed by atoms with Crippen molar-refractivity contribution in [2.75, 3.05) is 13.1 Å². The molecule has 1 aliphatic heterocycles. The van der Waals surface area contributed by atoms with Crippen LogP contribution in [0, 0.1) is 11.7 Å². The highest BCUT2D eigenvalue weighted by Crippen LogP contribution is 2.49. The molecule has 1 aromatic heterocycles.